The van der Waals surface area contributed by atoms with Gasteiger partial charge in [-0.25, -0.2) is 9.50 Å². The van der Waals surface area contributed by atoms with E-state index in [2.05, 4.69) is 15.4 Å². The number of rotatable bonds is 4. The van der Waals surface area contributed by atoms with Gasteiger partial charge >= 0.3 is 0 Å². The van der Waals surface area contributed by atoms with Crippen molar-refractivity contribution in [1.29, 1.82) is 0 Å². The van der Waals surface area contributed by atoms with E-state index in [4.69, 9.17) is 22.1 Å². The lowest BCUT2D eigenvalue weighted by Gasteiger charge is -2.30. The molecular formula is C18H20ClN5O2. The number of aliphatic hydroxyl groups excluding tert-OH is 1. The zero-order chi connectivity index (χ0) is 18.1. The highest BCUT2D eigenvalue weighted by Gasteiger charge is 2.28. The molecule has 0 aliphatic heterocycles. The van der Waals surface area contributed by atoms with E-state index < -0.39 is 6.10 Å². The first kappa shape index (κ1) is 17.1. The Balaban J connectivity index is 1.62. The highest BCUT2D eigenvalue weighted by Crippen LogP contribution is 2.32. The topological polar surface area (TPSA) is 97.7 Å². The largest absolute Gasteiger partial charge is 0.488 e. The van der Waals surface area contributed by atoms with Crippen molar-refractivity contribution >= 4 is 28.6 Å². The van der Waals surface area contributed by atoms with Crippen LogP contribution in [0.5, 0.6) is 5.75 Å². The summed E-state index contributed by atoms with van der Waals surface area (Å²) in [6.07, 6.45) is 4.73. The van der Waals surface area contributed by atoms with Crippen LogP contribution in [0.3, 0.4) is 0 Å². The van der Waals surface area contributed by atoms with Crippen LogP contribution in [-0.4, -0.2) is 38.0 Å². The van der Waals surface area contributed by atoms with Gasteiger partial charge in [0.2, 0.25) is 0 Å². The maximum Gasteiger partial charge on any atom is 0.162 e. The van der Waals surface area contributed by atoms with Crippen molar-refractivity contribution in [1.82, 2.24) is 14.6 Å². The first-order chi connectivity index (χ1) is 12.6. The molecule has 0 spiro atoms. The molecule has 0 radical (unpaired) electrons. The Hall–Kier alpha value is -2.35. The number of fused-ring (bicyclic) bond motifs is 1. The van der Waals surface area contributed by atoms with Crippen LogP contribution in [0.2, 0.25) is 5.02 Å². The number of benzene rings is 1. The molecule has 2 heterocycles. The molecule has 1 aliphatic rings. The van der Waals surface area contributed by atoms with Gasteiger partial charge in [-0.1, -0.05) is 17.7 Å². The minimum Gasteiger partial charge on any atom is -0.488 e. The zero-order valence-corrected chi connectivity index (χ0v) is 14.8. The fourth-order valence-corrected chi connectivity index (χ4v) is 3.43. The van der Waals surface area contributed by atoms with Gasteiger partial charge in [-0.15, -0.1) is 0 Å². The van der Waals surface area contributed by atoms with Gasteiger partial charge in [0.15, 0.2) is 11.6 Å². The molecule has 1 unspecified atom stereocenters. The number of ether oxygens (including phenoxy) is 1. The van der Waals surface area contributed by atoms with Crippen LogP contribution in [0.25, 0.3) is 5.52 Å². The Morgan fingerprint density at radius 3 is 3.00 bits per heavy atom. The summed E-state index contributed by atoms with van der Waals surface area (Å²) >= 11 is 6.06. The first-order valence-electron chi connectivity index (χ1n) is 8.55. The van der Waals surface area contributed by atoms with E-state index >= 15 is 0 Å². The standard InChI is InChI=1S/C18H20ClN5O2/c19-11-2-1-3-12(8-11)23-18-17-16(6-7-24(17)22-10-21-18)26-13-4-5-14(20)15(25)9-13/h1-3,6-8,10,13-15,25H,4-5,9,20H2,(H,21,22,23)/t13?,14-,15-/m1/s1. The van der Waals surface area contributed by atoms with Crippen molar-refractivity contribution in [2.75, 3.05) is 5.32 Å². The normalized spacial score (nSPS) is 23.1. The zero-order valence-electron chi connectivity index (χ0n) is 14.0. The fraction of sp³-hybridized carbons (Fsp3) is 0.333. The van der Waals surface area contributed by atoms with Crippen LogP contribution >= 0.6 is 11.6 Å². The van der Waals surface area contributed by atoms with Gasteiger partial charge in [-0.05, 0) is 31.0 Å². The van der Waals surface area contributed by atoms with E-state index in [1.54, 1.807) is 4.52 Å². The molecule has 1 aromatic carbocycles. The predicted octanol–water partition coefficient (Wildman–Crippen LogP) is 2.75. The Labute approximate surface area is 155 Å². The summed E-state index contributed by atoms with van der Waals surface area (Å²) < 4.78 is 7.86. The number of aromatic nitrogens is 3. The second-order valence-corrected chi connectivity index (χ2v) is 6.94. The maximum atomic E-state index is 10.0. The summed E-state index contributed by atoms with van der Waals surface area (Å²) in [5, 5.41) is 18.1. The number of aliphatic hydroxyl groups is 1. The van der Waals surface area contributed by atoms with Gasteiger partial charge < -0.3 is 20.9 Å². The third kappa shape index (κ3) is 3.46. The van der Waals surface area contributed by atoms with Crippen molar-refractivity contribution in [2.45, 2.75) is 37.5 Å². The van der Waals surface area contributed by atoms with Crippen LogP contribution in [0.15, 0.2) is 42.9 Å². The number of nitrogens with two attached hydrogens (primary N) is 1. The van der Waals surface area contributed by atoms with Crippen LogP contribution in [0.1, 0.15) is 19.3 Å². The van der Waals surface area contributed by atoms with Crippen LogP contribution in [0, 0.1) is 0 Å². The lowest BCUT2D eigenvalue weighted by molar-refractivity contribution is 0.0399. The van der Waals surface area contributed by atoms with Gasteiger partial charge in [0.05, 0.1) is 6.10 Å². The molecule has 1 aliphatic carbocycles. The molecule has 26 heavy (non-hydrogen) atoms. The summed E-state index contributed by atoms with van der Waals surface area (Å²) in [5.41, 5.74) is 7.43. The number of hydrogen-bond acceptors (Lipinski definition) is 6. The number of nitrogens with one attached hydrogen (secondary N) is 1. The van der Waals surface area contributed by atoms with E-state index in [0.717, 1.165) is 24.0 Å². The van der Waals surface area contributed by atoms with Crippen molar-refractivity contribution in [3.05, 3.63) is 47.9 Å². The average molecular weight is 374 g/mol. The van der Waals surface area contributed by atoms with Crippen molar-refractivity contribution in [3.8, 4) is 5.75 Å². The number of halogens is 1. The lowest BCUT2D eigenvalue weighted by atomic mass is 9.91. The van der Waals surface area contributed by atoms with E-state index in [1.165, 1.54) is 6.33 Å². The molecule has 1 fully saturated rings. The molecule has 136 valence electrons. The minimum atomic E-state index is -0.539. The second-order valence-electron chi connectivity index (χ2n) is 6.50. The number of nitrogens with zero attached hydrogens (tertiary/aromatic N) is 3. The molecule has 1 saturated carbocycles. The first-order valence-corrected chi connectivity index (χ1v) is 8.93. The summed E-state index contributed by atoms with van der Waals surface area (Å²) in [6.45, 7) is 0. The Kier molecular flexibility index (Phi) is 4.67. The van der Waals surface area contributed by atoms with Crippen LogP contribution < -0.4 is 15.8 Å². The summed E-state index contributed by atoms with van der Waals surface area (Å²) in [7, 11) is 0. The number of hydrogen-bond donors (Lipinski definition) is 3. The molecule has 7 nitrogen and oxygen atoms in total. The van der Waals surface area contributed by atoms with Gasteiger partial charge in [-0.3, -0.25) is 0 Å². The second kappa shape index (κ2) is 7.11. The molecule has 4 rings (SSSR count). The van der Waals surface area contributed by atoms with Crippen LogP contribution in [0.4, 0.5) is 11.5 Å². The van der Waals surface area contributed by atoms with Crippen molar-refractivity contribution in [2.24, 2.45) is 5.73 Å². The smallest absolute Gasteiger partial charge is 0.162 e. The minimum absolute atomic E-state index is 0.0878. The fourth-order valence-electron chi connectivity index (χ4n) is 3.24. The SMILES string of the molecule is N[C@@H]1CCC(Oc2ccn3ncnc(Nc4cccc(Cl)c4)c23)C[C@H]1O. The molecule has 0 amide bonds. The molecule has 0 bridgehead atoms. The molecule has 2 aromatic heterocycles. The van der Waals surface area contributed by atoms with Gasteiger partial charge in [0, 0.05) is 35.4 Å². The average Bonchev–Trinajstić information content (AvgIpc) is 3.02. The van der Waals surface area contributed by atoms with Crippen LogP contribution in [-0.2, 0) is 0 Å². The Morgan fingerprint density at radius 1 is 1.31 bits per heavy atom. The lowest BCUT2D eigenvalue weighted by Crippen LogP contribution is -2.43. The summed E-state index contributed by atoms with van der Waals surface area (Å²) in [6, 6.07) is 9.09. The quantitative estimate of drug-likeness (QED) is 0.650. The highest BCUT2D eigenvalue weighted by molar-refractivity contribution is 6.30. The molecule has 3 atom stereocenters. The predicted molar refractivity (Wildman–Crippen MR) is 100.0 cm³/mol. The highest BCUT2D eigenvalue weighted by atomic mass is 35.5. The summed E-state index contributed by atoms with van der Waals surface area (Å²) in [4.78, 5) is 4.35. The summed E-state index contributed by atoms with van der Waals surface area (Å²) in [5.74, 6) is 1.29. The maximum absolute atomic E-state index is 10.0. The van der Waals surface area contributed by atoms with E-state index in [-0.39, 0.29) is 12.1 Å². The van der Waals surface area contributed by atoms with E-state index in [1.807, 2.05) is 36.5 Å². The van der Waals surface area contributed by atoms with Crippen molar-refractivity contribution < 1.29 is 9.84 Å². The third-order valence-corrected chi connectivity index (χ3v) is 4.85. The monoisotopic (exact) mass is 373 g/mol. The van der Waals surface area contributed by atoms with Gasteiger partial charge in [0.25, 0.3) is 0 Å². The van der Waals surface area contributed by atoms with Gasteiger partial charge in [0.1, 0.15) is 17.9 Å². The molecule has 4 N–H and O–H groups in total. The molecule has 8 heteroatoms. The number of anilines is 2. The Bertz CT molecular complexity index is 915. The molecular weight excluding hydrogens is 354 g/mol. The Morgan fingerprint density at radius 2 is 2.19 bits per heavy atom. The molecule has 0 saturated heterocycles. The van der Waals surface area contributed by atoms with E-state index in [0.29, 0.717) is 23.0 Å². The van der Waals surface area contributed by atoms with E-state index in [9.17, 15) is 5.11 Å². The van der Waals surface area contributed by atoms with Gasteiger partial charge in [-0.2, -0.15) is 5.10 Å². The molecule has 3 aromatic rings. The third-order valence-electron chi connectivity index (χ3n) is 4.62. The van der Waals surface area contributed by atoms with Crippen molar-refractivity contribution in [3.63, 3.8) is 0 Å².